The molecule has 0 saturated carbocycles. The van der Waals surface area contributed by atoms with Gasteiger partial charge < -0.3 is 4.42 Å². The highest BCUT2D eigenvalue weighted by Gasteiger charge is 2.19. The van der Waals surface area contributed by atoms with Crippen LogP contribution in [0.1, 0.15) is 36.8 Å². The van der Waals surface area contributed by atoms with Gasteiger partial charge in [-0.3, -0.25) is 4.98 Å². The molecule has 32 heavy (non-hydrogen) atoms. The maximum Gasteiger partial charge on any atom is 0.144 e. The molecule has 156 valence electrons. The summed E-state index contributed by atoms with van der Waals surface area (Å²) in [6.07, 6.45) is 1.94. The Morgan fingerprint density at radius 3 is 2.41 bits per heavy atom. The van der Waals surface area contributed by atoms with Crippen molar-refractivity contribution in [2.24, 2.45) is 0 Å². The zero-order valence-electron chi connectivity index (χ0n) is 18.6. The molecule has 6 aromatic rings. The smallest absolute Gasteiger partial charge is 0.144 e. The van der Waals surface area contributed by atoms with E-state index in [9.17, 15) is 0 Å². The van der Waals surface area contributed by atoms with Crippen molar-refractivity contribution in [2.45, 2.75) is 33.6 Å². The lowest BCUT2D eigenvalue weighted by Gasteiger charge is -2.14. The molecule has 0 radical (unpaired) electrons. The van der Waals surface area contributed by atoms with Gasteiger partial charge in [-0.2, -0.15) is 0 Å². The van der Waals surface area contributed by atoms with Gasteiger partial charge in [-0.05, 0) is 37.6 Å². The minimum Gasteiger partial charge on any atom is -0.455 e. The lowest BCUT2D eigenvalue weighted by atomic mass is 9.97. The highest BCUT2D eigenvalue weighted by Crippen LogP contribution is 2.39. The molecular formula is C28H23N3O. The molecule has 3 heterocycles. The number of benzene rings is 3. The second-order valence-electron chi connectivity index (χ2n) is 8.78. The summed E-state index contributed by atoms with van der Waals surface area (Å²) in [7, 11) is 0. The Kier molecular flexibility index (Phi) is 4.06. The summed E-state index contributed by atoms with van der Waals surface area (Å²) in [4.78, 5) is 14.7. The summed E-state index contributed by atoms with van der Waals surface area (Å²) in [6.45, 7) is 8.42. The zero-order valence-corrected chi connectivity index (χ0v) is 18.6. The molecular weight excluding hydrogens is 394 g/mol. The standard InChI is InChI=1S/C28H23N3O/c1-15(2)28-30-25(21-13-12-18-17(4)29-14-16(3)24(18)26(21)31-28)22-10-7-9-20-19-8-5-6-11-23(19)32-27(20)22/h5-15H,1-4H3. The van der Waals surface area contributed by atoms with E-state index in [0.717, 1.165) is 72.0 Å². The molecule has 4 heteroatoms. The predicted octanol–water partition coefficient (Wildman–Crippen LogP) is 7.48. The van der Waals surface area contributed by atoms with E-state index in [1.54, 1.807) is 0 Å². The van der Waals surface area contributed by atoms with Gasteiger partial charge in [-0.25, -0.2) is 9.97 Å². The van der Waals surface area contributed by atoms with Crippen molar-refractivity contribution in [1.29, 1.82) is 0 Å². The first-order chi connectivity index (χ1) is 15.5. The van der Waals surface area contributed by atoms with E-state index in [1.807, 2.05) is 31.3 Å². The van der Waals surface area contributed by atoms with Gasteiger partial charge >= 0.3 is 0 Å². The van der Waals surface area contributed by atoms with Crippen LogP contribution in [0.2, 0.25) is 0 Å². The maximum atomic E-state index is 6.35. The van der Waals surface area contributed by atoms with Crippen LogP contribution < -0.4 is 0 Å². The van der Waals surface area contributed by atoms with Gasteiger partial charge in [0.2, 0.25) is 0 Å². The van der Waals surface area contributed by atoms with Gasteiger partial charge in [0.1, 0.15) is 17.0 Å². The van der Waals surface area contributed by atoms with Gasteiger partial charge in [0, 0.05) is 50.3 Å². The number of hydrogen-bond donors (Lipinski definition) is 0. The van der Waals surface area contributed by atoms with Crippen molar-refractivity contribution in [3.05, 3.63) is 77.9 Å². The molecule has 4 nitrogen and oxygen atoms in total. The van der Waals surface area contributed by atoms with E-state index in [-0.39, 0.29) is 5.92 Å². The van der Waals surface area contributed by atoms with Gasteiger partial charge in [0.25, 0.3) is 0 Å². The topological polar surface area (TPSA) is 51.8 Å². The van der Waals surface area contributed by atoms with Crippen molar-refractivity contribution in [2.75, 3.05) is 0 Å². The molecule has 0 spiro atoms. The Morgan fingerprint density at radius 1 is 0.781 bits per heavy atom. The average Bonchev–Trinajstić information content (AvgIpc) is 3.19. The number of nitrogens with zero attached hydrogens (tertiary/aromatic N) is 3. The summed E-state index contributed by atoms with van der Waals surface area (Å²) in [5.41, 5.74) is 6.78. The second-order valence-corrected chi connectivity index (χ2v) is 8.78. The van der Waals surface area contributed by atoms with Crippen molar-refractivity contribution in [3.63, 3.8) is 0 Å². The number of aryl methyl sites for hydroxylation is 2. The zero-order chi connectivity index (χ0) is 22.0. The minimum absolute atomic E-state index is 0.200. The first kappa shape index (κ1) is 18.9. The largest absolute Gasteiger partial charge is 0.455 e. The molecule has 0 aliphatic rings. The summed E-state index contributed by atoms with van der Waals surface area (Å²) in [6, 6.07) is 18.8. The van der Waals surface area contributed by atoms with Crippen LogP contribution in [0.15, 0.2) is 65.2 Å². The summed E-state index contributed by atoms with van der Waals surface area (Å²) < 4.78 is 6.35. The highest BCUT2D eigenvalue weighted by molar-refractivity contribution is 6.15. The van der Waals surface area contributed by atoms with Crippen LogP contribution in [0.3, 0.4) is 0 Å². The van der Waals surface area contributed by atoms with Crippen LogP contribution in [0.5, 0.6) is 0 Å². The number of pyridine rings is 1. The van der Waals surface area contributed by atoms with E-state index in [0.29, 0.717) is 0 Å². The number of aromatic nitrogens is 3. The fraction of sp³-hybridized carbons (Fsp3) is 0.179. The molecule has 0 aliphatic heterocycles. The fourth-order valence-corrected chi connectivity index (χ4v) is 4.64. The first-order valence-corrected chi connectivity index (χ1v) is 11.0. The quantitative estimate of drug-likeness (QED) is 0.274. The molecule has 6 rings (SSSR count). The third-order valence-electron chi connectivity index (χ3n) is 6.30. The molecule has 3 aromatic heterocycles. The Bertz CT molecular complexity index is 1680. The third kappa shape index (κ3) is 2.65. The Hall–Kier alpha value is -3.79. The van der Waals surface area contributed by atoms with Crippen LogP contribution in [-0.4, -0.2) is 15.0 Å². The first-order valence-electron chi connectivity index (χ1n) is 11.0. The molecule has 0 amide bonds. The van der Waals surface area contributed by atoms with Gasteiger partial charge in [-0.1, -0.05) is 50.2 Å². The van der Waals surface area contributed by atoms with Crippen LogP contribution in [0.4, 0.5) is 0 Å². The summed E-state index contributed by atoms with van der Waals surface area (Å²) in [5, 5.41) is 5.54. The van der Waals surface area contributed by atoms with Gasteiger partial charge in [0.05, 0.1) is 11.2 Å². The molecule has 0 N–H and O–H groups in total. The van der Waals surface area contributed by atoms with Crippen LogP contribution >= 0.6 is 0 Å². The number of fused-ring (bicyclic) bond motifs is 6. The SMILES string of the molecule is Cc1ncc(C)c2c1ccc1c(-c3cccc4c3oc3ccccc34)nc(C(C)C)nc12. The number of para-hydroxylation sites is 2. The number of furan rings is 1. The van der Waals surface area contributed by atoms with Crippen LogP contribution in [0.25, 0.3) is 54.9 Å². The third-order valence-corrected chi connectivity index (χ3v) is 6.30. The monoisotopic (exact) mass is 417 g/mol. The molecule has 0 atom stereocenters. The summed E-state index contributed by atoms with van der Waals surface area (Å²) in [5.74, 6) is 1.04. The van der Waals surface area contributed by atoms with Crippen molar-refractivity contribution < 1.29 is 4.42 Å². The van der Waals surface area contributed by atoms with Crippen LogP contribution in [-0.2, 0) is 0 Å². The minimum atomic E-state index is 0.200. The predicted molar refractivity (Wildman–Crippen MR) is 131 cm³/mol. The normalized spacial score (nSPS) is 12.0. The van der Waals surface area contributed by atoms with E-state index < -0.39 is 0 Å². The molecule has 0 aliphatic carbocycles. The molecule has 0 bridgehead atoms. The Morgan fingerprint density at radius 2 is 1.56 bits per heavy atom. The summed E-state index contributed by atoms with van der Waals surface area (Å²) >= 11 is 0. The number of hydrogen-bond acceptors (Lipinski definition) is 4. The van der Waals surface area contributed by atoms with Crippen LogP contribution in [0, 0.1) is 13.8 Å². The molecule has 0 saturated heterocycles. The lowest BCUT2D eigenvalue weighted by Crippen LogP contribution is -2.02. The van der Waals surface area contributed by atoms with Crippen molar-refractivity contribution in [1.82, 2.24) is 15.0 Å². The lowest BCUT2D eigenvalue weighted by molar-refractivity contribution is 0.669. The molecule has 0 fully saturated rings. The second kappa shape index (κ2) is 6.86. The van der Waals surface area contributed by atoms with E-state index in [4.69, 9.17) is 14.4 Å². The van der Waals surface area contributed by atoms with E-state index in [2.05, 4.69) is 62.2 Å². The molecule has 0 unspecified atom stereocenters. The van der Waals surface area contributed by atoms with Gasteiger partial charge in [-0.15, -0.1) is 0 Å². The van der Waals surface area contributed by atoms with E-state index in [1.165, 1.54) is 0 Å². The fourth-order valence-electron chi connectivity index (χ4n) is 4.64. The number of rotatable bonds is 2. The Labute approximate surface area is 185 Å². The van der Waals surface area contributed by atoms with E-state index >= 15 is 0 Å². The Balaban J connectivity index is 1.79. The maximum absolute atomic E-state index is 6.35. The molecule has 3 aromatic carbocycles. The van der Waals surface area contributed by atoms with Gasteiger partial charge in [0.15, 0.2) is 0 Å². The van der Waals surface area contributed by atoms with Crippen molar-refractivity contribution in [3.8, 4) is 11.3 Å². The average molecular weight is 418 g/mol. The highest BCUT2D eigenvalue weighted by atomic mass is 16.3. The van der Waals surface area contributed by atoms with Crippen molar-refractivity contribution >= 4 is 43.6 Å².